The number of nitrogens with two attached hydrogens (primary N) is 2. The smallest absolute Gasteiger partial charge is 0.216 e. The van der Waals surface area contributed by atoms with Gasteiger partial charge in [0.05, 0.1) is 6.20 Å². The van der Waals surface area contributed by atoms with E-state index in [2.05, 4.69) is 19.9 Å². The van der Waals surface area contributed by atoms with E-state index in [1.54, 1.807) is 6.20 Å². The lowest BCUT2D eigenvalue weighted by molar-refractivity contribution is 0.599. The lowest BCUT2D eigenvalue weighted by atomic mass is 11.1. The summed E-state index contributed by atoms with van der Waals surface area (Å²) in [5, 5.41) is 13.5. The maximum absolute atomic E-state index is 9.19. The molecule has 10 heavy (non-hydrogen) atoms. The number of hydrogen-bond donors (Lipinski definition) is 2. The van der Waals surface area contributed by atoms with Gasteiger partial charge in [-0.15, -0.1) is 5.10 Å². The third-order valence-corrected chi connectivity index (χ3v) is 0.715. The molecule has 1 heterocycles. The summed E-state index contributed by atoms with van der Waals surface area (Å²) in [6.45, 7) is 0. The SMILES string of the molecule is NS(N)(=O)=O.c1csnn1. The van der Waals surface area contributed by atoms with Crippen molar-refractivity contribution in [1.82, 2.24) is 9.59 Å². The van der Waals surface area contributed by atoms with Gasteiger partial charge in [-0.3, -0.25) is 0 Å². The first kappa shape index (κ1) is 9.43. The number of rotatable bonds is 0. The van der Waals surface area contributed by atoms with Crippen molar-refractivity contribution >= 4 is 21.7 Å². The van der Waals surface area contributed by atoms with E-state index in [4.69, 9.17) is 0 Å². The van der Waals surface area contributed by atoms with E-state index < -0.39 is 10.2 Å². The van der Waals surface area contributed by atoms with Crippen molar-refractivity contribution in [2.24, 2.45) is 10.3 Å². The van der Waals surface area contributed by atoms with Gasteiger partial charge in [0.1, 0.15) is 0 Å². The van der Waals surface area contributed by atoms with E-state index in [9.17, 15) is 8.42 Å². The van der Waals surface area contributed by atoms with Crippen molar-refractivity contribution in [2.45, 2.75) is 0 Å². The van der Waals surface area contributed by atoms with E-state index in [0.29, 0.717) is 0 Å². The zero-order valence-electron chi connectivity index (χ0n) is 4.84. The average Bonchev–Trinajstić information content (AvgIpc) is 2.07. The fourth-order valence-electron chi connectivity index (χ4n) is 0.136. The lowest BCUT2D eigenvalue weighted by Gasteiger charge is -1.72. The van der Waals surface area contributed by atoms with Gasteiger partial charge < -0.3 is 0 Å². The Bertz CT molecular complexity index is 215. The molecule has 8 heteroatoms. The Hall–Kier alpha value is -0.570. The van der Waals surface area contributed by atoms with Crippen LogP contribution in [0.15, 0.2) is 11.6 Å². The van der Waals surface area contributed by atoms with Crippen LogP contribution in [-0.4, -0.2) is 18.0 Å². The van der Waals surface area contributed by atoms with Crippen LogP contribution in [0.4, 0.5) is 0 Å². The van der Waals surface area contributed by atoms with Crippen LogP contribution in [0.2, 0.25) is 0 Å². The Kier molecular flexibility index (Phi) is 4.03. The minimum atomic E-state index is -3.67. The quantitative estimate of drug-likeness (QED) is 0.518. The van der Waals surface area contributed by atoms with Crippen molar-refractivity contribution < 1.29 is 8.42 Å². The molecular formula is C2H6N4O2S2. The molecule has 0 aliphatic carbocycles. The topological polar surface area (TPSA) is 112 Å². The molecule has 0 spiro atoms. The van der Waals surface area contributed by atoms with Gasteiger partial charge in [0.15, 0.2) is 0 Å². The third kappa shape index (κ3) is 15.7. The van der Waals surface area contributed by atoms with Gasteiger partial charge in [0.2, 0.25) is 0 Å². The van der Waals surface area contributed by atoms with Crippen LogP contribution in [0, 0.1) is 0 Å². The molecule has 1 aromatic rings. The van der Waals surface area contributed by atoms with Crippen LogP contribution in [0.5, 0.6) is 0 Å². The molecule has 1 rings (SSSR count). The second kappa shape index (κ2) is 4.28. The van der Waals surface area contributed by atoms with Gasteiger partial charge in [-0.25, -0.2) is 10.3 Å². The molecule has 0 aromatic carbocycles. The highest BCUT2D eigenvalue weighted by molar-refractivity contribution is 7.86. The van der Waals surface area contributed by atoms with Crippen LogP contribution >= 0.6 is 11.5 Å². The summed E-state index contributed by atoms with van der Waals surface area (Å²) in [4.78, 5) is 0. The molecule has 0 amide bonds. The molecule has 0 aliphatic rings. The summed E-state index contributed by atoms with van der Waals surface area (Å²) in [6, 6.07) is 0. The Morgan fingerprint density at radius 2 is 1.90 bits per heavy atom. The molecule has 1 aromatic heterocycles. The number of nitrogens with zero attached hydrogens (tertiary/aromatic N) is 2. The van der Waals surface area contributed by atoms with Crippen molar-refractivity contribution in [3.8, 4) is 0 Å². The van der Waals surface area contributed by atoms with Gasteiger partial charge in [-0.05, 0) is 11.5 Å². The maximum atomic E-state index is 9.19. The second-order valence-corrected chi connectivity index (χ2v) is 3.00. The Labute approximate surface area is 62.2 Å². The standard InChI is InChI=1S/C2H2N2S.H4N2O2S/c1-2-5-4-3-1;1-5(2,3)4/h1-2H;(H4,1,2,3,4). The molecule has 4 N–H and O–H groups in total. The van der Waals surface area contributed by atoms with Crippen LogP contribution in [0.1, 0.15) is 0 Å². The molecule has 58 valence electrons. The first-order valence-electron chi connectivity index (χ1n) is 2.01. The minimum Gasteiger partial charge on any atom is -0.216 e. The summed E-state index contributed by atoms with van der Waals surface area (Å²) in [5.74, 6) is 0. The van der Waals surface area contributed by atoms with Crippen molar-refractivity contribution in [3.63, 3.8) is 0 Å². The molecule has 0 saturated carbocycles. The molecule has 0 saturated heterocycles. The monoisotopic (exact) mass is 182 g/mol. The molecule has 0 unspecified atom stereocenters. The highest BCUT2D eigenvalue weighted by Gasteiger charge is 1.78. The predicted molar refractivity (Wildman–Crippen MR) is 37.2 cm³/mol. The van der Waals surface area contributed by atoms with Crippen LogP contribution in [0.25, 0.3) is 0 Å². The summed E-state index contributed by atoms with van der Waals surface area (Å²) < 4.78 is 21.9. The zero-order valence-corrected chi connectivity index (χ0v) is 6.47. The number of hydrogen-bond acceptors (Lipinski definition) is 5. The van der Waals surface area contributed by atoms with Crippen LogP contribution in [-0.2, 0) is 10.2 Å². The highest BCUT2D eigenvalue weighted by Crippen LogP contribution is 1.78. The van der Waals surface area contributed by atoms with Gasteiger partial charge in [-0.1, -0.05) is 4.49 Å². The molecule has 6 nitrogen and oxygen atoms in total. The minimum absolute atomic E-state index is 1.35. The van der Waals surface area contributed by atoms with E-state index in [1.165, 1.54) is 11.5 Å². The largest absolute Gasteiger partial charge is 0.271 e. The lowest BCUT2D eigenvalue weighted by Crippen LogP contribution is -2.21. The van der Waals surface area contributed by atoms with E-state index in [0.717, 1.165) is 0 Å². The fourth-order valence-corrected chi connectivity index (χ4v) is 0.408. The second-order valence-electron chi connectivity index (χ2n) is 1.18. The Morgan fingerprint density at radius 1 is 1.40 bits per heavy atom. The van der Waals surface area contributed by atoms with Gasteiger partial charge in [0.25, 0.3) is 10.2 Å². The van der Waals surface area contributed by atoms with Crippen molar-refractivity contribution in [3.05, 3.63) is 11.6 Å². The van der Waals surface area contributed by atoms with E-state index >= 15 is 0 Å². The van der Waals surface area contributed by atoms with Crippen LogP contribution < -0.4 is 10.3 Å². The van der Waals surface area contributed by atoms with Gasteiger partial charge in [-0.2, -0.15) is 8.42 Å². The van der Waals surface area contributed by atoms with Crippen molar-refractivity contribution in [2.75, 3.05) is 0 Å². The fraction of sp³-hybridized carbons (Fsp3) is 0. The summed E-state index contributed by atoms with van der Waals surface area (Å²) in [7, 11) is -3.67. The molecular weight excluding hydrogens is 176 g/mol. The normalized spacial score (nSPS) is 9.80. The maximum Gasteiger partial charge on any atom is 0.271 e. The zero-order chi connectivity index (χ0) is 8.04. The average molecular weight is 182 g/mol. The highest BCUT2D eigenvalue weighted by atomic mass is 32.2. The van der Waals surface area contributed by atoms with E-state index in [1.807, 2.05) is 5.38 Å². The molecule has 0 aliphatic heterocycles. The first-order chi connectivity index (χ1) is 4.50. The molecule has 0 radical (unpaired) electrons. The summed E-state index contributed by atoms with van der Waals surface area (Å²) in [6.07, 6.45) is 1.66. The van der Waals surface area contributed by atoms with Crippen LogP contribution in [0.3, 0.4) is 0 Å². The first-order valence-corrected chi connectivity index (χ1v) is 4.46. The predicted octanol–water partition coefficient (Wildman–Crippen LogP) is -1.31. The number of aromatic nitrogens is 2. The molecule has 0 fully saturated rings. The van der Waals surface area contributed by atoms with E-state index in [-0.39, 0.29) is 0 Å². The molecule has 0 bridgehead atoms. The summed E-state index contributed by atoms with van der Waals surface area (Å²) in [5.41, 5.74) is 0. The Balaban J connectivity index is 0.000000162. The molecule has 0 atom stereocenters. The third-order valence-electron chi connectivity index (χ3n) is 0.283. The van der Waals surface area contributed by atoms with Gasteiger partial charge in [0, 0.05) is 5.38 Å². The summed E-state index contributed by atoms with van der Waals surface area (Å²) >= 11 is 1.35. The Morgan fingerprint density at radius 3 is 2.00 bits per heavy atom. The van der Waals surface area contributed by atoms with Gasteiger partial charge >= 0.3 is 0 Å². The van der Waals surface area contributed by atoms with Crippen molar-refractivity contribution in [1.29, 1.82) is 0 Å².